The second-order valence-electron chi connectivity index (χ2n) is 6.38. The van der Waals surface area contributed by atoms with Crippen molar-refractivity contribution in [3.63, 3.8) is 0 Å². The summed E-state index contributed by atoms with van der Waals surface area (Å²) in [7, 11) is 0. The van der Waals surface area contributed by atoms with Gasteiger partial charge in [0.25, 0.3) is 0 Å². The van der Waals surface area contributed by atoms with Gasteiger partial charge in [0.15, 0.2) is 6.21 Å². The minimum absolute atomic E-state index is 0.626. The van der Waals surface area contributed by atoms with E-state index in [1.807, 2.05) is 13.0 Å². The van der Waals surface area contributed by atoms with E-state index in [0.29, 0.717) is 6.54 Å². The SMILES string of the molecule is C/C=C\C(=C/C=[N+]1c2ccccc2-c2cc3ccccc3cc21)CNN. The number of allylic oxidation sites excluding steroid dienone is 2. The van der Waals surface area contributed by atoms with E-state index in [0.717, 1.165) is 5.57 Å². The van der Waals surface area contributed by atoms with E-state index < -0.39 is 0 Å². The second kappa shape index (κ2) is 7.08. The highest BCUT2D eigenvalue weighted by atomic mass is 15.2. The van der Waals surface area contributed by atoms with Crippen molar-refractivity contribution in [3.05, 3.63) is 84.5 Å². The Morgan fingerprint density at radius 1 is 0.962 bits per heavy atom. The molecule has 0 radical (unpaired) electrons. The molecule has 1 heterocycles. The van der Waals surface area contributed by atoms with Gasteiger partial charge in [0.2, 0.25) is 11.4 Å². The average Bonchev–Trinajstić information content (AvgIpc) is 2.97. The van der Waals surface area contributed by atoms with Gasteiger partial charge in [0, 0.05) is 24.8 Å². The molecular formula is C23H22N3+. The first-order valence-electron chi connectivity index (χ1n) is 8.83. The van der Waals surface area contributed by atoms with E-state index in [4.69, 9.17) is 5.84 Å². The van der Waals surface area contributed by atoms with Crippen LogP contribution in [0.5, 0.6) is 0 Å². The third-order valence-electron chi connectivity index (χ3n) is 4.70. The number of nitrogens with zero attached hydrogens (tertiary/aromatic N) is 1. The van der Waals surface area contributed by atoms with Crippen molar-refractivity contribution >= 4 is 28.4 Å². The van der Waals surface area contributed by atoms with E-state index in [-0.39, 0.29) is 0 Å². The Balaban J connectivity index is 1.92. The van der Waals surface area contributed by atoms with Crippen LogP contribution in [-0.4, -0.2) is 12.8 Å². The smallest absolute Gasteiger partial charge is 0.219 e. The molecular weight excluding hydrogens is 318 g/mol. The molecule has 3 heteroatoms. The zero-order chi connectivity index (χ0) is 17.9. The summed E-state index contributed by atoms with van der Waals surface area (Å²) in [5.74, 6) is 5.51. The van der Waals surface area contributed by atoms with E-state index in [2.05, 4.69) is 89.0 Å². The second-order valence-corrected chi connectivity index (χ2v) is 6.38. The van der Waals surface area contributed by atoms with Crippen LogP contribution in [0.1, 0.15) is 6.92 Å². The predicted octanol–water partition coefficient (Wildman–Crippen LogP) is 4.69. The molecule has 1 aliphatic heterocycles. The molecule has 0 bridgehead atoms. The molecule has 3 aromatic carbocycles. The van der Waals surface area contributed by atoms with Crippen LogP contribution in [0.25, 0.3) is 21.9 Å². The van der Waals surface area contributed by atoms with Crippen molar-refractivity contribution in [2.45, 2.75) is 6.92 Å². The summed E-state index contributed by atoms with van der Waals surface area (Å²) in [6.45, 7) is 2.64. The fraction of sp³-hybridized carbons (Fsp3) is 0.0870. The Morgan fingerprint density at radius 3 is 2.46 bits per heavy atom. The van der Waals surface area contributed by atoms with Gasteiger partial charge in [-0.05, 0) is 35.4 Å². The fourth-order valence-electron chi connectivity index (χ4n) is 3.52. The Hall–Kier alpha value is -3.01. The van der Waals surface area contributed by atoms with E-state index in [9.17, 15) is 0 Å². The Morgan fingerprint density at radius 2 is 1.69 bits per heavy atom. The number of benzene rings is 3. The van der Waals surface area contributed by atoms with Crippen LogP contribution in [0.15, 0.2) is 84.5 Å². The standard InChI is InChI=1S/C23H22N3/c1-2-7-17(16-25-24)12-13-26-22-11-6-5-10-20(22)21-14-18-8-3-4-9-19(18)15-23(21)26/h2-15,25H,16,24H2,1H3/q+1/b7-2-,17-12+,26-13?. The van der Waals surface area contributed by atoms with Gasteiger partial charge in [-0.1, -0.05) is 48.6 Å². The van der Waals surface area contributed by atoms with Crippen molar-refractivity contribution in [3.8, 4) is 11.1 Å². The van der Waals surface area contributed by atoms with Crippen LogP contribution in [0, 0.1) is 0 Å². The lowest BCUT2D eigenvalue weighted by Gasteiger charge is -2.01. The molecule has 3 N–H and O–H groups in total. The molecule has 0 amide bonds. The van der Waals surface area contributed by atoms with Crippen LogP contribution >= 0.6 is 0 Å². The molecule has 26 heavy (non-hydrogen) atoms. The molecule has 0 atom stereocenters. The first-order chi connectivity index (χ1) is 12.8. The minimum atomic E-state index is 0.626. The maximum absolute atomic E-state index is 5.51. The van der Waals surface area contributed by atoms with Crippen LogP contribution < -0.4 is 15.8 Å². The van der Waals surface area contributed by atoms with Crippen LogP contribution in [-0.2, 0) is 0 Å². The summed E-state index contributed by atoms with van der Waals surface area (Å²) in [5, 5.41) is 2.51. The van der Waals surface area contributed by atoms with Crippen LogP contribution in [0.2, 0.25) is 0 Å². The lowest BCUT2D eigenvalue weighted by atomic mass is 10.0. The maximum atomic E-state index is 5.51. The van der Waals surface area contributed by atoms with Gasteiger partial charge >= 0.3 is 0 Å². The normalized spacial score (nSPS) is 15.0. The number of hydrogen-bond donors (Lipinski definition) is 2. The zero-order valence-corrected chi connectivity index (χ0v) is 14.8. The highest BCUT2D eigenvalue weighted by molar-refractivity contribution is 6.03. The Bertz CT molecular complexity index is 1060. The van der Waals surface area contributed by atoms with Crippen molar-refractivity contribution in [1.29, 1.82) is 0 Å². The Labute approximate surface area is 153 Å². The lowest BCUT2D eigenvalue weighted by molar-refractivity contribution is 0.807. The average molecular weight is 340 g/mol. The summed E-state index contributed by atoms with van der Waals surface area (Å²) < 4.78 is 2.26. The lowest BCUT2D eigenvalue weighted by Crippen LogP contribution is -2.24. The number of nitrogens with two attached hydrogens (primary N) is 1. The summed E-state index contributed by atoms with van der Waals surface area (Å²) in [5.41, 5.74) is 8.81. The molecule has 0 aliphatic carbocycles. The molecule has 4 rings (SSSR count). The molecule has 3 nitrogen and oxygen atoms in total. The van der Waals surface area contributed by atoms with Gasteiger partial charge in [0.05, 0.1) is 11.1 Å². The zero-order valence-electron chi connectivity index (χ0n) is 14.8. The highest BCUT2D eigenvalue weighted by Gasteiger charge is 2.31. The molecule has 0 saturated carbocycles. The summed E-state index contributed by atoms with van der Waals surface area (Å²) in [6.07, 6.45) is 8.34. The predicted molar refractivity (Wildman–Crippen MR) is 112 cm³/mol. The highest BCUT2D eigenvalue weighted by Crippen LogP contribution is 2.46. The van der Waals surface area contributed by atoms with Gasteiger partial charge in [-0.15, -0.1) is 0 Å². The van der Waals surface area contributed by atoms with E-state index in [1.165, 1.54) is 33.3 Å². The van der Waals surface area contributed by atoms with Crippen LogP contribution in [0.4, 0.5) is 11.4 Å². The quantitative estimate of drug-likeness (QED) is 0.245. The monoisotopic (exact) mass is 340 g/mol. The van der Waals surface area contributed by atoms with Crippen molar-refractivity contribution < 1.29 is 0 Å². The molecule has 128 valence electrons. The topological polar surface area (TPSA) is 41.1 Å². The number of para-hydroxylation sites is 1. The number of hydrazine groups is 1. The first kappa shape index (κ1) is 16.5. The van der Waals surface area contributed by atoms with Gasteiger partial charge in [0.1, 0.15) is 0 Å². The number of nitrogens with one attached hydrogen (secondary N) is 1. The van der Waals surface area contributed by atoms with Crippen LogP contribution in [0.3, 0.4) is 0 Å². The van der Waals surface area contributed by atoms with Gasteiger partial charge in [-0.25, -0.2) is 0 Å². The third kappa shape index (κ3) is 2.88. The minimum Gasteiger partial charge on any atom is -0.271 e. The van der Waals surface area contributed by atoms with E-state index >= 15 is 0 Å². The summed E-state index contributed by atoms with van der Waals surface area (Å²) in [6, 6.07) is 21.6. The molecule has 1 aliphatic rings. The summed E-state index contributed by atoms with van der Waals surface area (Å²) >= 11 is 0. The van der Waals surface area contributed by atoms with Crippen molar-refractivity contribution in [2.75, 3.05) is 6.54 Å². The molecule has 0 fully saturated rings. The molecule has 0 spiro atoms. The largest absolute Gasteiger partial charge is 0.271 e. The number of fused-ring (bicyclic) bond motifs is 4. The summed E-state index contributed by atoms with van der Waals surface area (Å²) in [4.78, 5) is 0. The molecule has 3 aromatic rings. The molecule has 0 unspecified atom stereocenters. The first-order valence-corrected chi connectivity index (χ1v) is 8.83. The number of rotatable bonds is 4. The molecule has 0 aromatic heterocycles. The maximum Gasteiger partial charge on any atom is 0.219 e. The van der Waals surface area contributed by atoms with E-state index in [1.54, 1.807) is 0 Å². The van der Waals surface area contributed by atoms with Gasteiger partial charge in [-0.2, -0.15) is 4.58 Å². The Kier molecular flexibility index (Phi) is 4.48. The van der Waals surface area contributed by atoms with Gasteiger partial charge < -0.3 is 0 Å². The number of hydrogen-bond acceptors (Lipinski definition) is 2. The van der Waals surface area contributed by atoms with Gasteiger partial charge in [-0.3, -0.25) is 11.3 Å². The van der Waals surface area contributed by atoms with Crippen molar-refractivity contribution in [2.24, 2.45) is 5.84 Å². The third-order valence-corrected chi connectivity index (χ3v) is 4.70. The van der Waals surface area contributed by atoms with Crippen molar-refractivity contribution in [1.82, 2.24) is 10.0 Å². The fourth-order valence-corrected chi connectivity index (χ4v) is 3.52. The molecule has 0 saturated heterocycles.